The zero-order valence-electron chi connectivity index (χ0n) is 25.3. The number of hydrogen-bond acceptors (Lipinski definition) is 8. The quantitative estimate of drug-likeness (QED) is 0.234. The second-order valence-electron chi connectivity index (χ2n) is 11.4. The van der Waals surface area contributed by atoms with Gasteiger partial charge in [0.05, 0.1) is 29.0 Å². The van der Waals surface area contributed by atoms with Gasteiger partial charge in [0.25, 0.3) is 0 Å². The third-order valence-corrected chi connectivity index (χ3v) is 8.28. The van der Waals surface area contributed by atoms with Crippen LogP contribution in [0.4, 0.5) is 23.8 Å². The molecule has 1 amide bonds. The van der Waals surface area contributed by atoms with Gasteiger partial charge in [0.1, 0.15) is 18.5 Å². The van der Waals surface area contributed by atoms with Gasteiger partial charge in [0.15, 0.2) is 0 Å². The van der Waals surface area contributed by atoms with E-state index in [0.717, 1.165) is 65.1 Å². The molecule has 0 N–H and O–H groups in total. The first-order valence-corrected chi connectivity index (χ1v) is 14.7. The van der Waals surface area contributed by atoms with Crippen molar-refractivity contribution in [3.8, 4) is 28.3 Å². The Bertz CT molecular complexity index is 1940. The van der Waals surface area contributed by atoms with E-state index in [-0.39, 0.29) is 18.2 Å². The Kier molecular flexibility index (Phi) is 8.38. The van der Waals surface area contributed by atoms with Crippen LogP contribution >= 0.6 is 0 Å². The summed E-state index contributed by atoms with van der Waals surface area (Å²) in [5.74, 6) is 0.859. The van der Waals surface area contributed by atoms with Crippen molar-refractivity contribution in [3.63, 3.8) is 0 Å². The number of halogens is 3. The lowest BCUT2D eigenvalue weighted by Gasteiger charge is -2.52. The molecule has 47 heavy (non-hydrogen) atoms. The molecule has 14 heteroatoms. The van der Waals surface area contributed by atoms with Crippen molar-refractivity contribution in [2.24, 2.45) is 7.05 Å². The minimum atomic E-state index is -4.64. The van der Waals surface area contributed by atoms with E-state index in [2.05, 4.69) is 27.2 Å². The highest BCUT2D eigenvalue weighted by atomic mass is 19.4. The molecule has 4 aromatic heterocycles. The van der Waals surface area contributed by atoms with Crippen molar-refractivity contribution in [2.75, 3.05) is 24.5 Å². The summed E-state index contributed by atoms with van der Waals surface area (Å²) in [6, 6.07) is 18.1. The number of alkyl halides is 3. The number of ether oxygens (including phenoxy) is 1. The van der Waals surface area contributed by atoms with E-state index in [4.69, 9.17) is 14.5 Å². The molecule has 240 valence electrons. The molecular weight excluding hydrogens is 613 g/mol. The zero-order chi connectivity index (χ0) is 33.2. The molecular formula is C33H29F3N8O3. The monoisotopic (exact) mass is 642 g/mol. The third-order valence-electron chi connectivity index (χ3n) is 8.28. The fourth-order valence-electron chi connectivity index (χ4n) is 6.06. The number of hydrogen-bond donors (Lipinski definition) is 0. The maximum absolute atomic E-state index is 13.0. The van der Waals surface area contributed by atoms with E-state index in [1.807, 2.05) is 79.2 Å². The number of amides is 1. The van der Waals surface area contributed by atoms with E-state index in [1.165, 1.54) is 0 Å². The number of likely N-dealkylation sites (tertiary alicyclic amines) is 1. The Morgan fingerprint density at radius 2 is 1.81 bits per heavy atom. The molecule has 0 saturated carbocycles. The number of carbonyl (C=O) groups excluding carboxylic acids is 2. The molecule has 0 atom stereocenters. The van der Waals surface area contributed by atoms with Crippen LogP contribution in [0.5, 0.6) is 0 Å². The molecule has 0 radical (unpaired) electrons. The summed E-state index contributed by atoms with van der Waals surface area (Å²) < 4.78 is 40.4. The number of benzene rings is 1. The van der Waals surface area contributed by atoms with E-state index < -0.39 is 12.5 Å². The smallest absolute Gasteiger partial charge is 0.445 e. The van der Waals surface area contributed by atoms with Gasteiger partial charge in [-0.15, -0.1) is 0 Å². The molecule has 11 nitrogen and oxygen atoms in total. The minimum absolute atomic E-state index is 0.211. The van der Waals surface area contributed by atoms with Crippen molar-refractivity contribution in [1.82, 2.24) is 29.3 Å². The van der Waals surface area contributed by atoms with Gasteiger partial charge in [-0.25, -0.2) is 14.3 Å². The van der Waals surface area contributed by atoms with Gasteiger partial charge in [-0.2, -0.15) is 28.6 Å². The van der Waals surface area contributed by atoms with Crippen LogP contribution in [-0.2, 0) is 23.2 Å². The lowest BCUT2D eigenvalue weighted by molar-refractivity contribution is -0.156. The Labute approximate surface area is 267 Å². The lowest BCUT2D eigenvalue weighted by atomic mass is 9.87. The fourth-order valence-corrected chi connectivity index (χ4v) is 6.06. The predicted molar refractivity (Wildman–Crippen MR) is 165 cm³/mol. The number of fused-ring (bicyclic) bond motifs is 1. The highest BCUT2D eigenvalue weighted by Crippen LogP contribution is 2.40. The molecule has 0 unspecified atom stereocenters. The molecule has 0 bridgehead atoms. The van der Waals surface area contributed by atoms with Gasteiger partial charge in [0, 0.05) is 67.5 Å². The molecule has 5 aromatic rings. The normalized spacial score (nSPS) is 15.1. The maximum atomic E-state index is 13.0. The minimum Gasteiger partial charge on any atom is -0.445 e. The molecule has 1 aromatic carbocycles. The second kappa shape index (κ2) is 12.6. The molecule has 2 aliphatic rings. The zero-order valence-corrected chi connectivity index (χ0v) is 25.3. The number of anilines is 1. The number of nitriles is 1. The average molecular weight is 643 g/mol. The van der Waals surface area contributed by atoms with Crippen molar-refractivity contribution in [1.29, 1.82) is 5.26 Å². The van der Waals surface area contributed by atoms with Crippen LogP contribution < -0.4 is 4.90 Å². The van der Waals surface area contributed by atoms with E-state index >= 15 is 0 Å². The first-order valence-electron chi connectivity index (χ1n) is 14.7. The summed E-state index contributed by atoms with van der Waals surface area (Å²) >= 11 is 0. The Balaban J connectivity index is 0.000000591. The number of nitrogens with zero attached hydrogens (tertiary/aromatic N) is 8. The molecule has 2 saturated heterocycles. The topological polar surface area (TPSA) is 122 Å². The van der Waals surface area contributed by atoms with E-state index in [1.54, 1.807) is 15.4 Å². The maximum Gasteiger partial charge on any atom is 0.446 e. The number of aldehydes is 1. The molecule has 0 aliphatic carbocycles. The third kappa shape index (κ3) is 6.51. The van der Waals surface area contributed by atoms with Gasteiger partial charge in [-0.05, 0) is 36.6 Å². The summed E-state index contributed by atoms with van der Waals surface area (Å²) in [6.07, 6.45) is 5.08. The van der Waals surface area contributed by atoms with Crippen molar-refractivity contribution in [3.05, 3.63) is 90.6 Å². The SMILES string of the molecule is Cn1cc(-c2cc(-c3ccc(N4CC5(CCCN5C(=O)OCc5ccccc5)C4)nc3)c3c(C#N)cnn3c2)cn1.O=CC(F)(F)F. The van der Waals surface area contributed by atoms with Gasteiger partial charge >= 0.3 is 12.3 Å². The van der Waals surface area contributed by atoms with Crippen LogP contribution in [0, 0.1) is 11.3 Å². The van der Waals surface area contributed by atoms with Crippen molar-refractivity contribution >= 4 is 23.7 Å². The first-order chi connectivity index (χ1) is 22.6. The molecule has 2 fully saturated rings. The summed E-state index contributed by atoms with van der Waals surface area (Å²) in [5.41, 5.74) is 5.70. The fraction of sp³-hybridized carbons (Fsp3) is 0.273. The highest BCUT2D eigenvalue weighted by Gasteiger charge is 2.53. The van der Waals surface area contributed by atoms with E-state index in [0.29, 0.717) is 12.1 Å². The number of carbonyl (C=O) groups is 2. The van der Waals surface area contributed by atoms with Gasteiger partial charge < -0.3 is 9.64 Å². The summed E-state index contributed by atoms with van der Waals surface area (Å²) in [5, 5.41) is 18.4. The Hall–Kier alpha value is -5.71. The molecule has 2 aliphatic heterocycles. The highest BCUT2D eigenvalue weighted by molar-refractivity contribution is 5.87. The average Bonchev–Trinajstić information content (AvgIpc) is 3.81. The van der Waals surface area contributed by atoms with Gasteiger partial charge in [-0.3, -0.25) is 14.4 Å². The first kappa shape index (κ1) is 31.3. The van der Waals surface area contributed by atoms with Gasteiger partial charge in [0.2, 0.25) is 6.29 Å². The van der Waals surface area contributed by atoms with Crippen LogP contribution in [-0.4, -0.2) is 73.0 Å². The van der Waals surface area contributed by atoms with E-state index in [9.17, 15) is 23.2 Å². The largest absolute Gasteiger partial charge is 0.446 e. The van der Waals surface area contributed by atoms with Crippen LogP contribution in [0.3, 0.4) is 0 Å². The number of pyridine rings is 2. The second-order valence-corrected chi connectivity index (χ2v) is 11.4. The molecule has 6 heterocycles. The van der Waals surface area contributed by atoms with Gasteiger partial charge in [-0.1, -0.05) is 30.3 Å². The number of aryl methyl sites for hydroxylation is 1. The van der Waals surface area contributed by atoms with Crippen LogP contribution in [0.15, 0.2) is 79.5 Å². The van der Waals surface area contributed by atoms with Crippen molar-refractivity contribution in [2.45, 2.75) is 31.2 Å². The van der Waals surface area contributed by atoms with Crippen LogP contribution in [0.25, 0.3) is 27.8 Å². The lowest BCUT2D eigenvalue weighted by Crippen LogP contribution is -2.69. The predicted octanol–water partition coefficient (Wildman–Crippen LogP) is 5.41. The summed E-state index contributed by atoms with van der Waals surface area (Å²) in [6.45, 7) is 2.44. The summed E-state index contributed by atoms with van der Waals surface area (Å²) in [7, 11) is 1.88. The van der Waals surface area contributed by atoms with Crippen molar-refractivity contribution < 1.29 is 27.5 Å². The molecule has 1 spiro atoms. The standard InChI is InChI=1S/C31H28N8O2.C2HF3O/c1-36-17-26(16-34-36)24-12-27(29-25(13-32)15-35-39(29)18-24)23-8-9-28(33-14-23)37-20-31(21-37)10-5-11-38(31)30(40)41-19-22-6-3-2-4-7-22;3-2(4,5)1-6/h2-4,6-9,12,14-18H,5,10-11,19-21H2,1H3;1H. The Morgan fingerprint density at radius 3 is 2.45 bits per heavy atom. The number of rotatable bonds is 5. The molecule has 7 rings (SSSR count). The van der Waals surface area contributed by atoms with Crippen LogP contribution in [0.1, 0.15) is 24.0 Å². The Morgan fingerprint density at radius 1 is 1.04 bits per heavy atom. The number of aromatic nitrogens is 5. The summed E-state index contributed by atoms with van der Waals surface area (Å²) in [4.78, 5) is 30.6. The van der Waals surface area contributed by atoms with Crippen LogP contribution in [0.2, 0.25) is 0 Å².